The maximum absolute atomic E-state index is 10.7. The Morgan fingerprint density at radius 1 is 1.33 bits per heavy atom. The summed E-state index contributed by atoms with van der Waals surface area (Å²) >= 11 is 1.45. The molecule has 1 atom stereocenters. The van der Waals surface area contributed by atoms with E-state index in [0.717, 1.165) is 11.6 Å². The first kappa shape index (κ1) is 12.3. The monoisotopic (exact) mass is 266 g/mol. The summed E-state index contributed by atoms with van der Waals surface area (Å²) in [6.45, 7) is 0. The van der Waals surface area contributed by atoms with Gasteiger partial charge in [-0.2, -0.15) is 11.3 Å². The molecule has 0 saturated heterocycles. The van der Waals surface area contributed by atoms with Gasteiger partial charge in [0.05, 0.1) is 11.0 Å². The maximum atomic E-state index is 10.7. The van der Waals surface area contributed by atoms with Crippen LogP contribution < -0.4 is 5.73 Å². The summed E-state index contributed by atoms with van der Waals surface area (Å²) in [5.41, 5.74) is 6.54. The van der Waals surface area contributed by atoms with E-state index in [4.69, 9.17) is 5.73 Å². The van der Waals surface area contributed by atoms with Gasteiger partial charge in [-0.25, -0.2) is 0 Å². The summed E-state index contributed by atoms with van der Waals surface area (Å²) in [5.74, 6) is -1.30. The number of aromatic hydroxyl groups is 2. The fourth-order valence-electron chi connectivity index (χ4n) is 1.59. The topological polar surface area (TPSA) is 110 Å². The van der Waals surface area contributed by atoms with E-state index in [9.17, 15) is 20.3 Å². The van der Waals surface area contributed by atoms with E-state index < -0.39 is 28.2 Å². The number of nitrogens with two attached hydrogens (primary N) is 1. The minimum absolute atomic E-state index is 0.371. The minimum Gasteiger partial charge on any atom is -0.504 e. The van der Waals surface area contributed by atoms with Gasteiger partial charge >= 0.3 is 5.69 Å². The first-order valence-electron chi connectivity index (χ1n) is 4.98. The molecule has 2 rings (SSSR count). The van der Waals surface area contributed by atoms with E-state index in [2.05, 4.69) is 0 Å². The third-order valence-corrected chi connectivity index (χ3v) is 3.25. The van der Waals surface area contributed by atoms with Gasteiger partial charge in [0.2, 0.25) is 5.75 Å². The second kappa shape index (κ2) is 4.63. The Labute approximate surface area is 106 Å². The van der Waals surface area contributed by atoms with Crippen molar-refractivity contribution < 1.29 is 15.1 Å². The molecule has 0 unspecified atom stereocenters. The second-order valence-corrected chi connectivity index (χ2v) is 4.48. The predicted octanol–water partition coefficient (Wildman–Crippen LogP) is 2.12. The zero-order valence-electron chi connectivity index (χ0n) is 9.11. The van der Waals surface area contributed by atoms with Crippen molar-refractivity contribution in [3.63, 3.8) is 0 Å². The molecule has 4 N–H and O–H groups in total. The Bertz CT molecular complexity index is 583. The molecule has 1 aromatic heterocycles. The van der Waals surface area contributed by atoms with Crippen LogP contribution in [0.1, 0.15) is 17.2 Å². The van der Waals surface area contributed by atoms with Crippen molar-refractivity contribution in [3.05, 3.63) is 50.2 Å². The van der Waals surface area contributed by atoms with E-state index in [1.807, 2.05) is 10.8 Å². The number of nitrogens with zero attached hydrogens (tertiary/aromatic N) is 1. The van der Waals surface area contributed by atoms with Crippen LogP contribution in [0.4, 0.5) is 5.69 Å². The first-order chi connectivity index (χ1) is 8.50. The van der Waals surface area contributed by atoms with Gasteiger partial charge in [-0.05, 0) is 34.0 Å². The Balaban J connectivity index is 2.49. The lowest BCUT2D eigenvalue weighted by molar-refractivity contribution is -0.386. The molecule has 1 aromatic carbocycles. The van der Waals surface area contributed by atoms with Gasteiger partial charge in [-0.3, -0.25) is 10.1 Å². The summed E-state index contributed by atoms with van der Waals surface area (Å²) in [4.78, 5) is 9.97. The number of thiophene rings is 1. The van der Waals surface area contributed by atoms with Crippen LogP contribution in [0, 0.1) is 10.1 Å². The van der Waals surface area contributed by atoms with E-state index in [1.54, 1.807) is 6.07 Å². The molecular formula is C11H10N2O4S. The Hall–Kier alpha value is -2.12. The van der Waals surface area contributed by atoms with Crippen LogP contribution in [0.5, 0.6) is 11.5 Å². The van der Waals surface area contributed by atoms with E-state index in [0.29, 0.717) is 5.56 Å². The molecular weight excluding hydrogens is 256 g/mol. The van der Waals surface area contributed by atoms with Gasteiger partial charge in [-0.1, -0.05) is 0 Å². The summed E-state index contributed by atoms with van der Waals surface area (Å²) in [5, 5.41) is 33.2. The van der Waals surface area contributed by atoms with E-state index in [1.165, 1.54) is 17.4 Å². The fraction of sp³-hybridized carbons (Fsp3) is 0.0909. The minimum atomic E-state index is -0.765. The summed E-state index contributed by atoms with van der Waals surface area (Å²) in [6.07, 6.45) is 0. The van der Waals surface area contributed by atoms with E-state index >= 15 is 0 Å². The summed E-state index contributed by atoms with van der Waals surface area (Å²) in [6, 6.07) is 3.61. The van der Waals surface area contributed by atoms with Gasteiger partial charge in [0.15, 0.2) is 5.75 Å². The molecule has 0 aliphatic heterocycles. The third kappa shape index (κ3) is 2.13. The number of rotatable bonds is 3. The van der Waals surface area contributed by atoms with Crippen molar-refractivity contribution >= 4 is 17.0 Å². The number of nitro groups is 1. The number of hydrogen-bond acceptors (Lipinski definition) is 6. The van der Waals surface area contributed by atoms with Crippen LogP contribution >= 0.6 is 11.3 Å². The molecule has 0 spiro atoms. The molecule has 6 nitrogen and oxygen atoms in total. The third-order valence-electron chi connectivity index (χ3n) is 2.55. The highest BCUT2D eigenvalue weighted by atomic mass is 32.1. The lowest BCUT2D eigenvalue weighted by Crippen LogP contribution is -2.11. The quantitative estimate of drug-likeness (QED) is 0.448. The SMILES string of the molecule is N[C@@H](c1ccsc1)c1cc(O)c(O)c([N+](=O)[O-])c1. The molecule has 0 fully saturated rings. The van der Waals surface area contributed by atoms with Crippen molar-refractivity contribution in [2.45, 2.75) is 6.04 Å². The van der Waals surface area contributed by atoms with Gasteiger partial charge in [0, 0.05) is 6.07 Å². The van der Waals surface area contributed by atoms with Crippen LogP contribution in [-0.4, -0.2) is 15.1 Å². The number of hydrogen-bond donors (Lipinski definition) is 3. The highest BCUT2D eigenvalue weighted by Gasteiger charge is 2.21. The van der Waals surface area contributed by atoms with Crippen molar-refractivity contribution in [3.8, 4) is 11.5 Å². The molecule has 7 heteroatoms. The van der Waals surface area contributed by atoms with Gasteiger partial charge in [0.1, 0.15) is 0 Å². The summed E-state index contributed by atoms with van der Waals surface area (Å²) in [7, 11) is 0. The van der Waals surface area contributed by atoms with Crippen molar-refractivity contribution in [1.82, 2.24) is 0 Å². The number of phenolic OH excluding ortho intramolecular Hbond substituents is 2. The lowest BCUT2D eigenvalue weighted by Gasteiger charge is -2.11. The van der Waals surface area contributed by atoms with Crippen molar-refractivity contribution in [1.29, 1.82) is 0 Å². The smallest absolute Gasteiger partial charge is 0.314 e. The van der Waals surface area contributed by atoms with E-state index in [-0.39, 0.29) is 0 Å². The number of benzene rings is 1. The van der Waals surface area contributed by atoms with Crippen LogP contribution in [0.15, 0.2) is 29.0 Å². The van der Waals surface area contributed by atoms with Crippen LogP contribution in [0.2, 0.25) is 0 Å². The fourth-order valence-corrected chi connectivity index (χ4v) is 2.29. The number of phenols is 2. The molecule has 0 amide bonds. The normalized spacial score (nSPS) is 12.3. The maximum Gasteiger partial charge on any atom is 0.314 e. The molecule has 0 saturated carbocycles. The predicted molar refractivity (Wildman–Crippen MR) is 66.8 cm³/mol. The molecule has 18 heavy (non-hydrogen) atoms. The highest BCUT2D eigenvalue weighted by molar-refractivity contribution is 7.08. The zero-order chi connectivity index (χ0) is 13.3. The molecule has 1 heterocycles. The average Bonchev–Trinajstić information content (AvgIpc) is 2.84. The molecule has 0 radical (unpaired) electrons. The van der Waals surface area contributed by atoms with Gasteiger partial charge in [-0.15, -0.1) is 0 Å². The molecule has 0 bridgehead atoms. The second-order valence-electron chi connectivity index (χ2n) is 3.70. The van der Waals surface area contributed by atoms with Crippen LogP contribution in [0.25, 0.3) is 0 Å². The van der Waals surface area contributed by atoms with Crippen LogP contribution in [0.3, 0.4) is 0 Å². The largest absolute Gasteiger partial charge is 0.504 e. The molecule has 94 valence electrons. The molecule has 0 aliphatic rings. The lowest BCUT2D eigenvalue weighted by atomic mass is 10.0. The summed E-state index contributed by atoms with van der Waals surface area (Å²) < 4.78 is 0. The van der Waals surface area contributed by atoms with Gasteiger partial charge < -0.3 is 15.9 Å². The van der Waals surface area contributed by atoms with Crippen LogP contribution in [-0.2, 0) is 0 Å². The van der Waals surface area contributed by atoms with Gasteiger partial charge in [0.25, 0.3) is 0 Å². The van der Waals surface area contributed by atoms with Crippen molar-refractivity contribution in [2.75, 3.05) is 0 Å². The number of nitro benzene ring substituents is 1. The first-order valence-corrected chi connectivity index (χ1v) is 5.93. The highest BCUT2D eigenvalue weighted by Crippen LogP contribution is 2.38. The Kier molecular flexibility index (Phi) is 3.17. The van der Waals surface area contributed by atoms with Crippen molar-refractivity contribution in [2.24, 2.45) is 5.73 Å². The molecule has 2 aromatic rings. The zero-order valence-corrected chi connectivity index (χ0v) is 9.92. The molecule has 0 aliphatic carbocycles. The Morgan fingerprint density at radius 3 is 2.61 bits per heavy atom. The standard InChI is InChI=1S/C11H10N2O4S/c12-10(6-1-2-18-5-6)7-3-8(13(16)17)11(15)9(14)4-7/h1-5,10,14-15H,12H2/t10-/m0/s1. The Morgan fingerprint density at radius 2 is 2.06 bits per heavy atom. The average molecular weight is 266 g/mol.